The molecule has 1 aliphatic heterocycles. The molecule has 1 heterocycles. The van der Waals surface area contributed by atoms with Crippen LogP contribution in [0.2, 0.25) is 0 Å². The summed E-state index contributed by atoms with van der Waals surface area (Å²) in [5, 5.41) is 4.98. The molecular formula is C15H18N2O6. The number of benzene rings is 1. The first-order valence-electron chi connectivity index (χ1n) is 7.20. The minimum atomic E-state index is -0.658. The highest BCUT2D eigenvalue weighted by molar-refractivity contribution is 5.92. The predicted octanol–water partition coefficient (Wildman–Crippen LogP) is 0.214. The van der Waals surface area contributed by atoms with E-state index in [0.717, 1.165) is 6.42 Å². The molecular weight excluding hydrogens is 304 g/mol. The number of carbonyl (C=O) groups is 3. The topological polar surface area (TPSA) is 103 Å². The Bertz CT molecular complexity index is 602. The van der Waals surface area contributed by atoms with Crippen molar-refractivity contribution in [2.75, 3.05) is 26.5 Å². The van der Waals surface area contributed by atoms with Crippen molar-refractivity contribution >= 4 is 17.8 Å². The Labute approximate surface area is 133 Å². The van der Waals surface area contributed by atoms with Crippen LogP contribution in [0.15, 0.2) is 18.2 Å². The molecule has 23 heavy (non-hydrogen) atoms. The second kappa shape index (κ2) is 8.02. The van der Waals surface area contributed by atoms with E-state index >= 15 is 0 Å². The van der Waals surface area contributed by atoms with Crippen molar-refractivity contribution < 1.29 is 28.6 Å². The third-order valence-electron chi connectivity index (χ3n) is 2.96. The van der Waals surface area contributed by atoms with Crippen LogP contribution < -0.4 is 20.1 Å². The summed E-state index contributed by atoms with van der Waals surface area (Å²) >= 11 is 0. The first-order chi connectivity index (χ1) is 11.1. The maximum atomic E-state index is 11.9. The highest BCUT2D eigenvalue weighted by atomic mass is 16.7. The number of rotatable bonds is 7. The fourth-order valence-electron chi connectivity index (χ4n) is 1.79. The molecule has 2 N–H and O–H groups in total. The number of hydrogen-bond donors (Lipinski definition) is 2. The van der Waals surface area contributed by atoms with Crippen LogP contribution in [0, 0.1) is 0 Å². The van der Waals surface area contributed by atoms with E-state index in [2.05, 4.69) is 10.6 Å². The zero-order chi connectivity index (χ0) is 16.7. The van der Waals surface area contributed by atoms with E-state index in [0.29, 0.717) is 18.0 Å². The third kappa shape index (κ3) is 4.87. The number of carbonyl (C=O) groups excluding carboxylic acids is 3. The van der Waals surface area contributed by atoms with Crippen LogP contribution in [0.3, 0.4) is 0 Å². The van der Waals surface area contributed by atoms with Gasteiger partial charge in [-0.3, -0.25) is 9.59 Å². The molecule has 1 aliphatic rings. The Morgan fingerprint density at radius 2 is 1.91 bits per heavy atom. The first-order valence-corrected chi connectivity index (χ1v) is 7.20. The summed E-state index contributed by atoms with van der Waals surface area (Å²) in [6, 6.07) is 4.60. The molecule has 0 saturated carbocycles. The lowest BCUT2D eigenvalue weighted by Gasteiger charge is -2.07. The molecule has 0 bridgehead atoms. The zero-order valence-corrected chi connectivity index (χ0v) is 12.7. The van der Waals surface area contributed by atoms with Gasteiger partial charge < -0.3 is 24.8 Å². The Hall–Kier alpha value is -2.77. The summed E-state index contributed by atoms with van der Waals surface area (Å²) in [6.45, 7) is 1.97. The van der Waals surface area contributed by atoms with Gasteiger partial charge in [-0.25, -0.2) is 4.79 Å². The largest absolute Gasteiger partial charge is 0.454 e. The van der Waals surface area contributed by atoms with Crippen molar-refractivity contribution in [1.29, 1.82) is 0 Å². The Morgan fingerprint density at radius 3 is 2.70 bits per heavy atom. The Balaban J connectivity index is 1.73. The molecule has 0 radical (unpaired) electrons. The summed E-state index contributed by atoms with van der Waals surface area (Å²) in [7, 11) is 0. The summed E-state index contributed by atoms with van der Waals surface area (Å²) < 4.78 is 15.2. The van der Waals surface area contributed by atoms with Crippen molar-refractivity contribution in [1.82, 2.24) is 10.6 Å². The molecule has 124 valence electrons. The molecule has 0 saturated heterocycles. The minimum absolute atomic E-state index is 0.107. The fourth-order valence-corrected chi connectivity index (χ4v) is 1.79. The lowest BCUT2D eigenvalue weighted by atomic mass is 10.2. The van der Waals surface area contributed by atoms with E-state index in [4.69, 9.17) is 14.2 Å². The van der Waals surface area contributed by atoms with Gasteiger partial charge in [0.25, 0.3) is 5.91 Å². The third-order valence-corrected chi connectivity index (χ3v) is 2.96. The minimum Gasteiger partial charge on any atom is -0.454 e. The number of nitrogens with one attached hydrogen (secondary N) is 2. The van der Waals surface area contributed by atoms with Gasteiger partial charge in [-0.1, -0.05) is 6.92 Å². The fraction of sp³-hybridized carbons (Fsp3) is 0.400. The zero-order valence-electron chi connectivity index (χ0n) is 12.7. The highest BCUT2D eigenvalue weighted by Gasteiger charge is 2.17. The van der Waals surface area contributed by atoms with Crippen LogP contribution in [-0.2, 0) is 14.3 Å². The highest BCUT2D eigenvalue weighted by Crippen LogP contribution is 2.32. The summed E-state index contributed by atoms with van der Waals surface area (Å²) in [4.78, 5) is 34.7. The average molecular weight is 322 g/mol. The van der Waals surface area contributed by atoms with Crippen molar-refractivity contribution in [2.45, 2.75) is 13.3 Å². The van der Waals surface area contributed by atoms with Gasteiger partial charge in [0, 0.05) is 6.54 Å². The molecule has 8 nitrogen and oxygen atoms in total. The average Bonchev–Trinajstić information content (AvgIpc) is 3.03. The van der Waals surface area contributed by atoms with Gasteiger partial charge in [0.1, 0.15) is 0 Å². The molecule has 0 spiro atoms. The van der Waals surface area contributed by atoms with Gasteiger partial charge in [0.2, 0.25) is 12.7 Å². The smallest absolute Gasteiger partial charge is 0.338 e. The quantitative estimate of drug-likeness (QED) is 0.696. The normalized spacial score (nSPS) is 11.7. The second-order valence-corrected chi connectivity index (χ2v) is 4.77. The van der Waals surface area contributed by atoms with Gasteiger partial charge in [-0.15, -0.1) is 0 Å². The molecule has 0 atom stereocenters. The van der Waals surface area contributed by atoms with Crippen molar-refractivity contribution in [3.05, 3.63) is 23.8 Å². The monoisotopic (exact) mass is 322 g/mol. The lowest BCUT2D eigenvalue weighted by molar-refractivity contribution is -0.127. The number of amides is 2. The van der Waals surface area contributed by atoms with E-state index in [1.165, 1.54) is 12.1 Å². The van der Waals surface area contributed by atoms with Gasteiger partial charge >= 0.3 is 5.97 Å². The maximum absolute atomic E-state index is 11.9. The molecule has 2 rings (SSSR count). The molecule has 1 aromatic rings. The van der Waals surface area contributed by atoms with Crippen LogP contribution in [0.25, 0.3) is 0 Å². The number of esters is 1. The summed E-state index contributed by atoms with van der Waals surface area (Å²) in [6.07, 6.45) is 0.812. The van der Waals surface area contributed by atoms with Gasteiger partial charge in [0.05, 0.1) is 12.1 Å². The van der Waals surface area contributed by atoms with Gasteiger partial charge in [-0.05, 0) is 24.6 Å². The molecule has 2 amide bonds. The molecule has 0 aliphatic carbocycles. The van der Waals surface area contributed by atoms with Gasteiger partial charge in [0.15, 0.2) is 18.1 Å². The first kappa shape index (κ1) is 16.6. The van der Waals surface area contributed by atoms with E-state index in [1.54, 1.807) is 6.07 Å². The van der Waals surface area contributed by atoms with E-state index < -0.39 is 18.5 Å². The van der Waals surface area contributed by atoms with Crippen molar-refractivity contribution in [3.8, 4) is 11.5 Å². The predicted molar refractivity (Wildman–Crippen MR) is 79.2 cm³/mol. The van der Waals surface area contributed by atoms with Crippen LogP contribution in [0.1, 0.15) is 23.7 Å². The van der Waals surface area contributed by atoms with Crippen molar-refractivity contribution in [2.24, 2.45) is 0 Å². The molecule has 0 unspecified atom stereocenters. The SMILES string of the molecule is CCCNC(=O)CNC(=O)COC(=O)c1ccc2c(c1)OCO2. The Kier molecular flexibility index (Phi) is 5.79. The Morgan fingerprint density at radius 1 is 1.13 bits per heavy atom. The van der Waals surface area contributed by atoms with E-state index in [1.807, 2.05) is 6.92 Å². The van der Waals surface area contributed by atoms with E-state index in [-0.39, 0.29) is 24.8 Å². The van der Waals surface area contributed by atoms with E-state index in [9.17, 15) is 14.4 Å². The molecule has 1 aromatic carbocycles. The second-order valence-electron chi connectivity index (χ2n) is 4.77. The number of fused-ring (bicyclic) bond motifs is 1. The van der Waals surface area contributed by atoms with Crippen molar-refractivity contribution in [3.63, 3.8) is 0 Å². The number of ether oxygens (including phenoxy) is 3. The maximum Gasteiger partial charge on any atom is 0.338 e. The van der Waals surface area contributed by atoms with Crippen LogP contribution in [0.5, 0.6) is 11.5 Å². The summed E-state index contributed by atoms with van der Waals surface area (Å²) in [5.74, 6) is -0.490. The molecule has 0 fully saturated rings. The standard InChI is InChI=1S/C15H18N2O6/c1-2-5-16-13(18)7-17-14(19)8-21-15(20)10-3-4-11-12(6-10)23-9-22-11/h3-4,6H,2,5,7-9H2,1H3,(H,16,18)(H,17,19). The molecule has 8 heteroatoms. The summed E-state index contributed by atoms with van der Waals surface area (Å²) in [5.41, 5.74) is 0.253. The lowest BCUT2D eigenvalue weighted by Crippen LogP contribution is -2.38. The van der Waals surface area contributed by atoms with Crippen LogP contribution in [-0.4, -0.2) is 44.3 Å². The van der Waals surface area contributed by atoms with Crippen LogP contribution >= 0.6 is 0 Å². The number of hydrogen-bond acceptors (Lipinski definition) is 6. The van der Waals surface area contributed by atoms with Gasteiger partial charge in [-0.2, -0.15) is 0 Å². The van der Waals surface area contributed by atoms with Crippen LogP contribution in [0.4, 0.5) is 0 Å². The molecule has 0 aromatic heterocycles.